The van der Waals surface area contributed by atoms with Crippen LogP contribution in [0, 0.1) is 6.92 Å². The van der Waals surface area contributed by atoms with Crippen molar-refractivity contribution in [2.45, 2.75) is 38.4 Å². The Morgan fingerprint density at radius 3 is 2.59 bits per heavy atom. The zero-order valence-electron chi connectivity index (χ0n) is 13.2. The summed E-state index contributed by atoms with van der Waals surface area (Å²) >= 11 is 1.72. The Morgan fingerprint density at radius 1 is 1.32 bits per heavy atom. The van der Waals surface area contributed by atoms with E-state index in [4.69, 9.17) is 0 Å². The third-order valence-electron chi connectivity index (χ3n) is 4.23. The van der Waals surface area contributed by atoms with Crippen LogP contribution in [0.1, 0.15) is 30.5 Å². The van der Waals surface area contributed by atoms with Gasteiger partial charge in [-0.15, -0.1) is 11.3 Å². The monoisotopic (exact) mass is 339 g/mol. The number of sulfone groups is 1. The van der Waals surface area contributed by atoms with Gasteiger partial charge in [0.25, 0.3) is 0 Å². The van der Waals surface area contributed by atoms with E-state index in [-0.39, 0.29) is 5.25 Å². The zero-order chi connectivity index (χ0) is 15.9. The summed E-state index contributed by atoms with van der Waals surface area (Å²) in [6.07, 6.45) is 3.69. The Hall–Kier alpha value is -1.21. The fraction of sp³-hybridized carbons (Fsp3) is 0.600. The van der Waals surface area contributed by atoms with E-state index in [0.29, 0.717) is 12.8 Å². The molecule has 22 heavy (non-hydrogen) atoms. The van der Waals surface area contributed by atoms with E-state index in [9.17, 15) is 8.42 Å². The highest BCUT2D eigenvalue weighted by Crippen LogP contribution is 2.33. The van der Waals surface area contributed by atoms with E-state index in [0.717, 1.165) is 41.4 Å². The molecule has 5 nitrogen and oxygen atoms in total. The Morgan fingerprint density at radius 2 is 2.00 bits per heavy atom. The number of hydrogen-bond donors (Lipinski definition) is 0. The third kappa shape index (κ3) is 2.96. The lowest BCUT2D eigenvalue weighted by atomic mass is 10.1. The van der Waals surface area contributed by atoms with Crippen LogP contribution in [0.15, 0.2) is 6.07 Å². The Balaban J connectivity index is 1.92. The summed E-state index contributed by atoms with van der Waals surface area (Å²) in [5.41, 5.74) is 0. The van der Waals surface area contributed by atoms with Crippen molar-refractivity contribution < 1.29 is 8.42 Å². The molecule has 7 heteroatoms. The molecule has 0 amide bonds. The fourth-order valence-electron chi connectivity index (χ4n) is 2.97. The van der Waals surface area contributed by atoms with Crippen molar-refractivity contribution in [1.29, 1.82) is 0 Å². The summed E-state index contributed by atoms with van der Waals surface area (Å²) < 4.78 is 23.4. The number of thiophene rings is 1. The second-order valence-corrected chi connectivity index (χ2v) is 9.34. The minimum Gasteiger partial charge on any atom is -0.356 e. The molecule has 0 N–H and O–H groups in total. The molecule has 1 aliphatic heterocycles. The van der Waals surface area contributed by atoms with Crippen molar-refractivity contribution in [1.82, 2.24) is 9.97 Å². The molecule has 2 aromatic rings. The highest BCUT2D eigenvalue weighted by Gasteiger charge is 2.28. The van der Waals surface area contributed by atoms with Gasteiger partial charge in [0.05, 0.1) is 10.6 Å². The normalized spacial score (nSPS) is 17.3. The lowest BCUT2D eigenvalue weighted by Gasteiger charge is -2.32. The van der Waals surface area contributed by atoms with E-state index < -0.39 is 9.84 Å². The smallest absolute Gasteiger partial charge is 0.150 e. The highest BCUT2D eigenvalue weighted by atomic mass is 32.2. The second kappa shape index (κ2) is 5.77. The molecule has 0 radical (unpaired) electrons. The number of hydrogen-bond acceptors (Lipinski definition) is 6. The maximum Gasteiger partial charge on any atom is 0.150 e. The number of aromatic nitrogens is 2. The molecule has 1 aliphatic rings. The summed E-state index contributed by atoms with van der Waals surface area (Å²) in [7, 11) is -2.94. The average molecular weight is 339 g/mol. The summed E-state index contributed by atoms with van der Waals surface area (Å²) in [4.78, 5) is 13.7. The van der Waals surface area contributed by atoms with Gasteiger partial charge in [-0.25, -0.2) is 18.4 Å². The first-order chi connectivity index (χ1) is 10.4. The summed E-state index contributed by atoms with van der Waals surface area (Å²) in [6, 6.07) is 2.18. The molecular weight excluding hydrogens is 318 g/mol. The summed E-state index contributed by atoms with van der Waals surface area (Å²) in [5.74, 6) is 1.74. The number of aryl methyl sites for hydroxylation is 2. The van der Waals surface area contributed by atoms with Crippen molar-refractivity contribution in [3.05, 3.63) is 16.8 Å². The number of piperidine rings is 1. The van der Waals surface area contributed by atoms with E-state index in [1.807, 2.05) is 6.92 Å². The van der Waals surface area contributed by atoms with Crippen molar-refractivity contribution >= 4 is 37.2 Å². The molecule has 0 atom stereocenters. The van der Waals surface area contributed by atoms with Crippen LogP contribution in [0.5, 0.6) is 0 Å². The average Bonchev–Trinajstić information content (AvgIpc) is 2.88. The van der Waals surface area contributed by atoms with Gasteiger partial charge in [0.15, 0.2) is 0 Å². The third-order valence-corrected chi connectivity index (χ3v) is 7.09. The van der Waals surface area contributed by atoms with Gasteiger partial charge in [-0.1, -0.05) is 6.92 Å². The molecule has 0 saturated carbocycles. The van der Waals surface area contributed by atoms with Gasteiger partial charge in [-0.3, -0.25) is 0 Å². The number of nitrogens with zero attached hydrogens (tertiary/aromatic N) is 3. The predicted octanol–water partition coefficient (Wildman–Crippen LogP) is 2.58. The SMILES string of the molecule is CCc1cc2c(N3CCC(S(C)(=O)=O)CC3)nc(C)nc2s1. The molecular formula is C15H21N3O2S2. The van der Waals surface area contributed by atoms with Gasteiger partial charge < -0.3 is 4.90 Å². The molecule has 0 spiro atoms. The first-order valence-electron chi connectivity index (χ1n) is 7.59. The fourth-order valence-corrected chi connectivity index (χ4v) is 5.05. The molecule has 120 valence electrons. The van der Waals surface area contributed by atoms with Gasteiger partial charge in [-0.2, -0.15) is 0 Å². The van der Waals surface area contributed by atoms with Crippen LogP contribution in [0.2, 0.25) is 0 Å². The van der Waals surface area contributed by atoms with Gasteiger partial charge in [0.1, 0.15) is 26.3 Å². The largest absolute Gasteiger partial charge is 0.356 e. The molecule has 1 saturated heterocycles. The van der Waals surface area contributed by atoms with Crippen LogP contribution in [0.25, 0.3) is 10.2 Å². The van der Waals surface area contributed by atoms with Crippen molar-refractivity contribution in [2.24, 2.45) is 0 Å². The molecule has 0 bridgehead atoms. The molecule has 0 aromatic carbocycles. The molecule has 0 aliphatic carbocycles. The molecule has 3 rings (SSSR count). The van der Waals surface area contributed by atoms with Gasteiger partial charge in [0, 0.05) is 24.2 Å². The van der Waals surface area contributed by atoms with E-state index >= 15 is 0 Å². The standard InChI is InChI=1S/C15H21N3O2S2/c1-4-11-9-13-14(16-10(2)17-15(13)21-11)18-7-5-12(6-8-18)22(3,19)20/h9,12H,4-8H2,1-3H3. The van der Waals surface area contributed by atoms with E-state index in [1.165, 1.54) is 11.1 Å². The van der Waals surface area contributed by atoms with Crippen LogP contribution in [0.3, 0.4) is 0 Å². The number of anilines is 1. The van der Waals surface area contributed by atoms with Gasteiger partial charge >= 0.3 is 0 Å². The van der Waals surface area contributed by atoms with Crippen LogP contribution >= 0.6 is 11.3 Å². The topological polar surface area (TPSA) is 63.2 Å². The minimum atomic E-state index is -2.94. The van der Waals surface area contributed by atoms with Crippen LogP contribution < -0.4 is 4.90 Å². The maximum atomic E-state index is 11.7. The van der Waals surface area contributed by atoms with Crippen LogP contribution in [-0.2, 0) is 16.3 Å². The Kier molecular flexibility index (Phi) is 4.11. The quantitative estimate of drug-likeness (QED) is 0.860. The summed E-state index contributed by atoms with van der Waals surface area (Å²) in [6.45, 7) is 5.53. The Bertz CT molecular complexity index is 790. The first-order valence-corrected chi connectivity index (χ1v) is 10.4. The van der Waals surface area contributed by atoms with Gasteiger partial charge in [0.2, 0.25) is 0 Å². The number of fused-ring (bicyclic) bond motifs is 1. The van der Waals surface area contributed by atoms with Gasteiger partial charge in [-0.05, 0) is 32.3 Å². The van der Waals surface area contributed by atoms with Crippen molar-refractivity contribution in [2.75, 3.05) is 24.2 Å². The molecule has 1 fully saturated rings. The van der Waals surface area contributed by atoms with E-state index in [1.54, 1.807) is 11.3 Å². The van der Waals surface area contributed by atoms with Crippen molar-refractivity contribution in [3.63, 3.8) is 0 Å². The van der Waals surface area contributed by atoms with Crippen molar-refractivity contribution in [3.8, 4) is 0 Å². The number of rotatable bonds is 3. The molecule has 3 heterocycles. The zero-order valence-corrected chi connectivity index (χ0v) is 14.8. The minimum absolute atomic E-state index is 0.212. The predicted molar refractivity (Wildman–Crippen MR) is 91.6 cm³/mol. The Labute approximate surface area is 135 Å². The lowest BCUT2D eigenvalue weighted by molar-refractivity contribution is 0.532. The van der Waals surface area contributed by atoms with E-state index in [2.05, 4.69) is 27.9 Å². The molecule has 0 unspecified atom stereocenters. The first kappa shape index (κ1) is 15.7. The second-order valence-electron chi connectivity index (χ2n) is 5.90. The molecule has 2 aromatic heterocycles. The lowest BCUT2D eigenvalue weighted by Crippen LogP contribution is -2.39. The van der Waals surface area contributed by atoms with Crippen LogP contribution in [-0.4, -0.2) is 43.0 Å². The highest BCUT2D eigenvalue weighted by molar-refractivity contribution is 7.91. The summed E-state index contributed by atoms with van der Waals surface area (Å²) in [5, 5.41) is 0.890. The van der Waals surface area contributed by atoms with Crippen LogP contribution in [0.4, 0.5) is 5.82 Å². The maximum absolute atomic E-state index is 11.7.